The van der Waals surface area contributed by atoms with Crippen LogP contribution in [0, 0.1) is 23.5 Å². The van der Waals surface area contributed by atoms with Crippen LogP contribution < -0.4 is 10.0 Å². The molecule has 4 unspecified atom stereocenters. The summed E-state index contributed by atoms with van der Waals surface area (Å²) in [6.45, 7) is -0.529. The maximum Gasteiger partial charge on any atom is 0.255 e. The lowest BCUT2D eigenvalue weighted by atomic mass is 9.70. The minimum Gasteiger partial charge on any atom is -0.389 e. The number of fused-ring (bicyclic) bond motifs is 2. The molecule has 2 aromatic rings. The molecule has 4 rings (SSSR count). The number of benzene rings is 2. The molecule has 2 fully saturated rings. The molecule has 0 saturated heterocycles. The van der Waals surface area contributed by atoms with Crippen LogP contribution in [0.4, 0.5) is 14.5 Å². The maximum absolute atomic E-state index is 13.7. The zero-order valence-corrected chi connectivity index (χ0v) is 23.6. The van der Waals surface area contributed by atoms with Gasteiger partial charge in [-0.25, -0.2) is 30.3 Å². The van der Waals surface area contributed by atoms with Crippen LogP contribution >= 0.6 is 11.6 Å². The zero-order valence-electron chi connectivity index (χ0n) is 21.2. The van der Waals surface area contributed by atoms with Gasteiger partial charge in [0.15, 0.2) is 21.5 Å². The predicted molar refractivity (Wildman–Crippen MR) is 142 cm³/mol. The van der Waals surface area contributed by atoms with E-state index < -0.39 is 78.8 Å². The summed E-state index contributed by atoms with van der Waals surface area (Å²) in [5, 5.41) is 33.8. The fraction of sp³-hybridized carbons (Fsp3) is 0.480. The van der Waals surface area contributed by atoms with E-state index in [-0.39, 0.29) is 34.0 Å². The highest BCUT2D eigenvalue weighted by Crippen LogP contribution is 2.54. The molecule has 2 aliphatic carbocycles. The number of rotatable bonds is 9. The Bertz CT molecular complexity index is 1510. The molecule has 40 heavy (non-hydrogen) atoms. The molecule has 220 valence electrons. The van der Waals surface area contributed by atoms with Crippen LogP contribution in [0.15, 0.2) is 41.3 Å². The van der Waals surface area contributed by atoms with Gasteiger partial charge in [0, 0.05) is 23.9 Å². The Balaban J connectivity index is 1.54. The van der Waals surface area contributed by atoms with E-state index in [9.17, 15) is 45.7 Å². The lowest BCUT2D eigenvalue weighted by Crippen LogP contribution is -2.60. The number of nitrogens with one attached hydrogen (secondary N) is 2. The first-order valence-corrected chi connectivity index (χ1v) is 16.2. The van der Waals surface area contributed by atoms with Gasteiger partial charge in [-0.1, -0.05) is 11.6 Å². The van der Waals surface area contributed by atoms with Gasteiger partial charge in [0.05, 0.1) is 33.1 Å². The van der Waals surface area contributed by atoms with Crippen LogP contribution in [-0.4, -0.2) is 73.9 Å². The first-order valence-electron chi connectivity index (χ1n) is 12.4. The Kier molecular flexibility index (Phi) is 8.64. The summed E-state index contributed by atoms with van der Waals surface area (Å²) in [4.78, 5) is 12.4. The summed E-state index contributed by atoms with van der Waals surface area (Å²) in [7, 11) is -7.82. The minimum atomic E-state index is -4.15. The molecule has 4 atom stereocenters. The molecule has 2 aliphatic rings. The summed E-state index contributed by atoms with van der Waals surface area (Å²) < 4.78 is 78.9. The van der Waals surface area contributed by atoms with Crippen LogP contribution in [0.3, 0.4) is 0 Å². The average molecular weight is 623 g/mol. The molecule has 0 radical (unpaired) electrons. The molecule has 5 N–H and O–H groups in total. The molecule has 0 aliphatic heterocycles. The Labute approximate surface area is 235 Å². The van der Waals surface area contributed by atoms with Gasteiger partial charge >= 0.3 is 0 Å². The van der Waals surface area contributed by atoms with E-state index in [1.807, 2.05) is 0 Å². The Morgan fingerprint density at radius 3 is 2.25 bits per heavy atom. The molecule has 15 heteroatoms. The van der Waals surface area contributed by atoms with Crippen LogP contribution in [0.2, 0.25) is 5.02 Å². The fourth-order valence-corrected chi connectivity index (χ4v) is 8.63. The van der Waals surface area contributed by atoms with Gasteiger partial charge in [0.1, 0.15) is 6.10 Å². The third kappa shape index (κ3) is 6.03. The number of sulfonamides is 1. The maximum atomic E-state index is 13.7. The molecule has 0 aromatic heterocycles. The minimum absolute atomic E-state index is 0.0427. The second-order valence-electron chi connectivity index (χ2n) is 10.4. The Morgan fingerprint density at radius 1 is 1.05 bits per heavy atom. The van der Waals surface area contributed by atoms with E-state index in [1.165, 1.54) is 12.1 Å². The van der Waals surface area contributed by atoms with Crippen molar-refractivity contribution in [2.75, 3.05) is 18.1 Å². The fourth-order valence-electron chi connectivity index (χ4n) is 5.75. The van der Waals surface area contributed by atoms with E-state index in [4.69, 9.17) is 11.6 Å². The SMILES string of the molecule is CS(=O)(=O)NCC(O)C(O)[C@]1(O)C2CCC1C[C@H](S(=O)(=O)c1cc(C(=O)Nc3ccc(F)c(F)c3)ccc1Cl)C2. The smallest absolute Gasteiger partial charge is 0.255 e. The summed E-state index contributed by atoms with van der Waals surface area (Å²) in [6.07, 6.45) is -1.86. The van der Waals surface area contributed by atoms with Crippen molar-refractivity contribution in [3.8, 4) is 0 Å². The van der Waals surface area contributed by atoms with E-state index in [1.54, 1.807) is 0 Å². The number of halogens is 3. The lowest BCUT2D eigenvalue weighted by molar-refractivity contribution is -0.174. The molecule has 1 amide bonds. The number of hydrogen-bond donors (Lipinski definition) is 5. The monoisotopic (exact) mass is 622 g/mol. The molecular weight excluding hydrogens is 594 g/mol. The lowest BCUT2D eigenvalue weighted by Gasteiger charge is -2.46. The van der Waals surface area contributed by atoms with Crippen molar-refractivity contribution in [3.05, 3.63) is 58.6 Å². The second-order valence-corrected chi connectivity index (χ2v) is 14.8. The number of amides is 1. The number of carbonyl (C=O) groups is 1. The average Bonchev–Trinajstić information content (AvgIpc) is 3.04. The number of aliphatic hydroxyl groups excluding tert-OH is 2. The van der Waals surface area contributed by atoms with E-state index >= 15 is 0 Å². The third-order valence-corrected chi connectivity index (χ3v) is 11.1. The van der Waals surface area contributed by atoms with Gasteiger partial charge in [-0.15, -0.1) is 0 Å². The van der Waals surface area contributed by atoms with Crippen molar-refractivity contribution in [2.24, 2.45) is 11.8 Å². The number of anilines is 1. The van der Waals surface area contributed by atoms with Crippen molar-refractivity contribution >= 4 is 43.1 Å². The largest absolute Gasteiger partial charge is 0.389 e. The highest BCUT2D eigenvalue weighted by atomic mass is 35.5. The highest BCUT2D eigenvalue weighted by Gasteiger charge is 2.60. The van der Waals surface area contributed by atoms with Crippen molar-refractivity contribution < 1.29 is 45.7 Å². The van der Waals surface area contributed by atoms with Gasteiger partial charge in [0.25, 0.3) is 5.91 Å². The molecule has 2 saturated carbocycles. The first kappa shape index (κ1) is 30.8. The van der Waals surface area contributed by atoms with Gasteiger partial charge in [-0.2, -0.15) is 0 Å². The highest BCUT2D eigenvalue weighted by molar-refractivity contribution is 7.92. The standard InChI is InChI=1S/C25H29ClF2N2O8S2/c1-39(35,36)29-12-21(31)23(32)25(34)14-3-4-15(25)10-17(9-14)40(37,38)22-8-13(2-6-18(22)26)24(33)30-16-5-7-19(27)20(28)11-16/h2,5-8,11,14-15,17,21,23,29,31-32,34H,3-4,9-10,12H2,1H3,(H,30,33)/t14?,15?,17-,21?,23?,25+. The Hall–Kier alpha value is -2.20. The molecule has 0 spiro atoms. The normalized spacial score (nSPS) is 26.3. The van der Waals surface area contributed by atoms with Crippen LogP contribution in [0.5, 0.6) is 0 Å². The quantitative estimate of drug-likeness (QED) is 0.282. The van der Waals surface area contributed by atoms with Crippen LogP contribution in [0.1, 0.15) is 36.0 Å². The van der Waals surface area contributed by atoms with Crippen LogP contribution in [0.25, 0.3) is 0 Å². The predicted octanol–water partition coefficient (Wildman–Crippen LogP) is 1.83. The van der Waals surface area contributed by atoms with Gasteiger partial charge in [-0.3, -0.25) is 4.79 Å². The molecular formula is C25H29ClF2N2O8S2. The molecule has 2 aromatic carbocycles. The summed E-state index contributed by atoms with van der Waals surface area (Å²) in [5.41, 5.74) is -1.97. The molecule has 0 heterocycles. The van der Waals surface area contributed by atoms with Crippen molar-refractivity contribution in [2.45, 2.75) is 53.6 Å². The van der Waals surface area contributed by atoms with Crippen molar-refractivity contribution in [1.82, 2.24) is 4.72 Å². The summed E-state index contributed by atoms with van der Waals surface area (Å²) >= 11 is 6.23. The number of carbonyl (C=O) groups excluding carboxylic acids is 1. The van der Waals surface area contributed by atoms with Crippen molar-refractivity contribution in [3.63, 3.8) is 0 Å². The van der Waals surface area contributed by atoms with Gasteiger partial charge in [0.2, 0.25) is 10.0 Å². The number of hydrogen-bond acceptors (Lipinski definition) is 8. The summed E-state index contributed by atoms with van der Waals surface area (Å²) in [5.74, 6) is -4.48. The third-order valence-electron chi connectivity index (χ3n) is 7.78. The van der Waals surface area contributed by atoms with Gasteiger partial charge in [-0.05, 0) is 67.9 Å². The Morgan fingerprint density at radius 2 is 1.68 bits per heavy atom. The number of aliphatic hydroxyl groups is 3. The molecule has 2 bridgehead atoms. The topological polar surface area (TPSA) is 170 Å². The van der Waals surface area contributed by atoms with E-state index in [0.717, 1.165) is 30.5 Å². The van der Waals surface area contributed by atoms with Crippen LogP contribution in [-0.2, 0) is 19.9 Å². The zero-order chi connectivity index (χ0) is 29.6. The van der Waals surface area contributed by atoms with E-state index in [0.29, 0.717) is 12.8 Å². The molecule has 10 nitrogen and oxygen atoms in total. The number of sulfone groups is 1. The second kappa shape index (κ2) is 11.2. The summed E-state index contributed by atoms with van der Waals surface area (Å²) in [6, 6.07) is 6.36. The first-order chi connectivity index (χ1) is 18.5. The van der Waals surface area contributed by atoms with Crippen molar-refractivity contribution in [1.29, 1.82) is 0 Å². The van der Waals surface area contributed by atoms with E-state index in [2.05, 4.69) is 10.0 Å². The van der Waals surface area contributed by atoms with Gasteiger partial charge < -0.3 is 20.6 Å².